The molecule has 1 radical (unpaired) electrons. The molecule has 0 saturated heterocycles. The second-order valence-electron chi connectivity index (χ2n) is 12.6. The van der Waals surface area contributed by atoms with Gasteiger partial charge in [0, 0.05) is 22.4 Å². The van der Waals surface area contributed by atoms with Crippen LogP contribution in [0.25, 0.3) is 22.9 Å². The van der Waals surface area contributed by atoms with Crippen molar-refractivity contribution in [2.45, 2.75) is 0 Å². The molecule has 2 heterocycles. The monoisotopic (exact) mass is 823 g/mol. The van der Waals surface area contributed by atoms with Gasteiger partial charge in [0.15, 0.2) is 11.6 Å². The first-order chi connectivity index (χ1) is 27.8. The largest absolute Gasteiger partial charge is 2.00 e. The van der Waals surface area contributed by atoms with E-state index in [0.717, 1.165) is 22.8 Å². The van der Waals surface area contributed by atoms with Gasteiger partial charge >= 0.3 is 17.1 Å². The van der Waals surface area contributed by atoms with Crippen LogP contribution < -0.4 is 36.6 Å². The van der Waals surface area contributed by atoms with Crippen molar-refractivity contribution in [1.29, 1.82) is 0 Å². The predicted molar refractivity (Wildman–Crippen MR) is 235 cm³/mol. The van der Waals surface area contributed by atoms with Crippen LogP contribution in [0.15, 0.2) is 225 Å². The van der Waals surface area contributed by atoms with Crippen LogP contribution in [-0.4, -0.2) is 20.2 Å². The quantitative estimate of drug-likeness (QED) is 0.110. The van der Waals surface area contributed by atoms with E-state index < -0.39 is 15.8 Å². The molecule has 0 atom stereocenters. The van der Waals surface area contributed by atoms with E-state index in [9.17, 15) is 0 Å². The molecule has 8 heteroatoms. The van der Waals surface area contributed by atoms with E-state index in [1.54, 1.807) is 6.20 Å². The number of hydrogen-bond acceptors (Lipinski definition) is 4. The Balaban J connectivity index is 0.000000230. The molecule has 57 heavy (non-hydrogen) atoms. The van der Waals surface area contributed by atoms with E-state index in [0.29, 0.717) is 11.6 Å². The Bertz CT molecular complexity index is 2310. The third-order valence-corrected chi connectivity index (χ3v) is 13.9. The number of benzene rings is 7. The molecule has 0 fully saturated rings. The third-order valence-electron chi connectivity index (χ3n) is 8.91. The van der Waals surface area contributed by atoms with Gasteiger partial charge in [0.05, 0.1) is 0 Å². The summed E-state index contributed by atoms with van der Waals surface area (Å²) in [6, 6.07) is 75.8. The minimum absolute atomic E-state index is 0. The van der Waals surface area contributed by atoms with Crippen molar-refractivity contribution in [2.24, 2.45) is 0 Å². The first kappa shape index (κ1) is 39.3. The maximum atomic E-state index is 6.92. The Morgan fingerprint density at radius 3 is 1.21 bits per heavy atom. The molecule has 0 saturated carbocycles. The Kier molecular flexibility index (Phi) is 13.6. The fourth-order valence-corrected chi connectivity index (χ4v) is 11.1. The average Bonchev–Trinajstić information content (AvgIpc) is 3.78. The summed E-state index contributed by atoms with van der Waals surface area (Å²) >= 11 is 0. The molecule has 0 aliphatic carbocycles. The number of hydrogen-bond donors (Lipinski definition) is 1. The molecule has 9 rings (SSSR count). The summed E-state index contributed by atoms with van der Waals surface area (Å²) in [5.41, 5.74) is 1.79. The average molecular weight is 824 g/mol. The second-order valence-corrected chi connectivity index (χ2v) is 17.0. The molecule has 0 spiro atoms. The Morgan fingerprint density at radius 2 is 0.789 bits per heavy atom. The minimum Gasteiger partial charge on any atom is -0.456 e. The van der Waals surface area contributed by atoms with E-state index in [2.05, 4.69) is 190 Å². The fraction of sp³-hybridized carbons (Fsp3) is 0. The molecule has 2 aromatic heterocycles. The van der Waals surface area contributed by atoms with Crippen LogP contribution in [0.5, 0.6) is 11.5 Å². The van der Waals surface area contributed by atoms with Crippen molar-refractivity contribution in [3.05, 3.63) is 225 Å². The van der Waals surface area contributed by atoms with Gasteiger partial charge in [0.2, 0.25) is 0 Å². The van der Waals surface area contributed by atoms with Gasteiger partial charge in [-0.25, -0.2) is 4.98 Å². The van der Waals surface area contributed by atoms with Gasteiger partial charge in [-0.15, -0.1) is 0 Å². The number of H-pyrrole nitrogens is 1. The molecule has 0 aliphatic rings. The van der Waals surface area contributed by atoms with Crippen LogP contribution in [0.1, 0.15) is 0 Å². The van der Waals surface area contributed by atoms with Crippen molar-refractivity contribution in [3.63, 3.8) is 0 Å². The molecular formula is C49H38CuN4OP2+2. The van der Waals surface area contributed by atoms with Crippen LogP contribution >= 0.6 is 15.8 Å². The SMILES string of the molecule is [Cu+2].c1ccc(-c2n[nH]c(-c3ccccn3)n2)cc1.c1ccc(P(c2ccccc2)c2ccccc2Oc2ccccc2P(c2ccccc2)c2ccccc2)cc1. The number of ether oxygens (including phenoxy) is 1. The van der Waals surface area contributed by atoms with E-state index in [-0.39, 0.29) is 17.1 Å². The number of para-hydroxylation sites is 2. The molecule has 0 aliphatic heterocycles. The van der Waals surface area contributed by atoms with Gasteiger partial charge in [-0.3, -0.25) is 10.1 Å². The van der Waals surface area contributed by atoms with Crippen LogP contribution in [0.4, 0.5) is 0 Å². The molecule has 9 aromatic rings. The van der Waals surface area contributed by atoms with Gasteiger partial charge in [0.1, 0.15) is 17.2 Å². The summed E-state index contributed by atoms with van der Waals surface area (Å²) in [5, 5.41) is 14.7. The van der Waals surface area contributed by atoms with Crippen LogP contribution in [0.2, 0.25) is 0 Å². The topological polar surface area (TPSA) is 63.7 Å². The number of nitrogens with zero attached hydrogens (tertiary/aromatic N) is 3. The zero-order chi connectivity index (χ0) is 37.8. The number of nitrogens with one attached hydrogen (secondary N) is 1. The van der Waals surface area contributed by atoms with Gasteiger partial charge in [-0.1, -0.05) is 194 Å². The van der Waals surface area contributed by atoms with Crippen molar-refractivity contribution >= 4 is 47.7 Å². The number of aromatic nitrogens is 4. The summed E-state index contributed by atoms with van der Waals surface area (Å²) in [5.74, 6) is 3.18. The summed E-state index contributed by atoms with van der Waals surface area (Å²) in [6.07, 6.45) is 1.74. The number of aromatic amines is 1. The van der Waals surface area contributed by atoms with Gasteiger partial charge in [-0.2, -0.15) is 5.10 Å². The zero-order valence-corrected chi connectivity index (χ0v) is 33.5. The zero-order valence-electron chi connectivity index (χ0n) is 30.8. The molecule has 0 unspecified atom stereocenters. The molecule has 1 N–H and O–H groups in total. The Hall–Kier alpha value is -5.99. The predicted octanol–water partition coefficient (Wildman–Crippen LogP) is 9.53. The molecule has 0 bridgehead atoms. The first-order valence-corrected chi connectivity index (χ1v) is 21.1. The standard InChI is InChI=1S/C36H28OP2.C13H10N4.Cu/c1-5-17-29(18-6-1)38(30-19-7-2-8-20-30)35-27-15-13-25-33(35)37-34-26-14-16-28-36(34)39(31-21-9-3-10-22-31)32-23-11-4-12-24-32;1-2-6-10(7-3-1)12-15-13(17-16-12)11-8-4-5-9-14-11;/h1-28H;1-9H,(H,15,16,17);/q;;+2. The molecule has 0 amide bonds. The third kappa shape index (κ3) is 9.70. The van der Waals surface area contributed by atoms with Crippen molar-refractivity contribution in [2.75, 3.05) is 0 Å². The summed E-state index contributed by atoms with van der Waals surface area (Å²) in [6.45, 7) is 0. The molecule has 7 aromatic carbocycles. The number of rotatable bonds is 10. The Morgan fingerprint density at radius 1 is 0.404 bits per heavy atom. The van der Waals surface area contributed by atoms with Gasteiger partial charge < -0.3 is 4.74 Å². The van der Waals surface area contributed by atoms with Crippen LogP contribution in [-0.2, 0) is 17.1 Å². The smallest absolute Gasteiger partial charge is 0.456 e. The maximum Gasteiger partial charge on any atom is 2.00 e. The second kappa shape index (κ2) is 19.7. The Labute approximate surface area is 346 Å². The normalized spacial score (nSPS) is 10.6. The van der Waals surface area contributed by atoms with Crippen LogP contribution in [0.3, 0.4) is 0 Å². The fourth-order valence-electron chi connectivity index (χ4n) is 6.33. The van der Waals surface area contributed by atoms with E-state index >= 15 is 0 Å². The number of pyridine rings is 1. The van der Waals surface area contributed by atoms with E-state index in [1.165, 1.54) is 31.8 Å². The van der Waals surface area contributed by atoms with Gasteiger partial charge in [-0.05, 0) is 61.3 Å². The van der Waals surface area contributed by atoms with Crippen molar-refractivity contribution in [1.82, 2.24) is 20.2 Å². The van der Waals surface area contributed by atoms with Crippen molar-refractivity contribution < 1.29 is 21.8 Å². The van der Waals surface area contributed by atoms with E-state index in [1.807, 2.05) is 48.5 Å². The molecule has 279 valence electrons. The molecule has 5 nitrogen and oxygen atoms in total. The summed E-state index contributed by atoms with van der Waals surface area (Å²) < 4.78 is 6.92. The molecular weight excluding hydrogens is 786 g/mol. The van der Waals surface area contributed by atoms with Gasteiger partial charge in [0.25, 0.3) is 0 Å². The summed E-state index contributed by atoms with van der Waals surface area (Å²) in [4.78, 5) is 8.64. The minimum atomic E-state index is -0.795. The summed E-state index contributed by atoms with van der Waals surface area (Å²) in [7, 11) is -1.59. The van der Waals surface area contributed by atoms with Crippen molar-refractivity contribution in [3.8, 4) is 34.4 Å². The first-order valence-electron chi connectivity index (χ1n) is 18.4. The van der Waals surface area contributed by atoms with E-state index in [4.69, 9.17) is 4.74 Å². The maximum absolute atomic E-state index is 6.92. The van der Waals surface area contributed by atoms with Crippen LogP contribution in [0, 0.1) is 0 Å².